The maximum absolute atomic E-state index is 12.2. The molecule has 0 N–H and O–H groups in total. The maximum Gasteiger partial charge on any atom is 0.435 e. The van der Waals surface area contributed by atoms with Crippen molar-refractivity contribution < 1.29 is 13.2 Å². The molecule has 0 aliphatic carbocycles. The van der Waals surface area contributed by atoms with Crippen LogP contribution in [-0.4, -0.2) is 15.0 Å². The smallest absolute Gasteiger partial charge is 0.239 e. The molecular formula is C5H5F3IN3. The third kappa shape index (κ3) is 1.70. The van der Waals surface area contributed by atoms with Gasteiger partial charge in [0.25, 0.3) is 0 Å². The van der Waals surface area contributed by atoms with Crippen LogP contribution in [0.3, 0.4) is 0 Å². The van der Waals surface area contributed by atoms with Gasteiger partial charge in [0, 0.05) is 6.54 Å². The second-order valence-electron chi connectivity index (χ2n) is 2.04. The summed E-state index contributed by atoms with van der Waals surface area (Å²) in [5.74, 6) is 0. The summed E-state index contributed by atoms with van der Waals surface area (Å²) in [6, 6.07) is 0. The van der Waals surface area contributed by atoms with E-state index in [2.05, 4.69) is 10.3 Å². The lowest BCUT2D eigenvalue weighted by Gasteiger charge is -2.06. The van der Waals surface area contributed by atoms with E-state index in [1.54, 1.807) is 6.92 Å². The third-order valence-corrected chi connectivity index (χ3v) is 1.99. The summed E-state index contributed by atoms with van der Waals surface area (Å²) in [6.45, 7) is 1.75. The molecule has 0 fully saturated rings. The lowest BCUT2D eigenvalue weighted by Crippen LogP contribution is -2.15. The molecule has 1 heterocycles. The van der Waals surface area contributed by atoms with E-state index >= 15 is 0 Å². The van der Waals surface area contributed by atoms with Gasteiger partial charge >= 0.3 is 6.18 Å². The summed E-state index contributed by atoms with van der Waals surface area (Å²) in [6.07, 6.45) is -4.37. The predicted octanol–water partition coefficient (Wildman–Crippen LogP) is 1.92. The molecule has 68 valence electrons. The molecule has 0 bridgehead atoms. The fourth-order valence-corrected chi connectivity index (χ4v) is 1.46. The zero-order valence-electron chi connectivity index (χ0n) is 6.06. The number of hydrogen-bond donors (Lipinski definition) is 0. The van der Waals surface area contributed by atoms with Crippen LogP contribution in [0.25, 0.3) is 0 Å². The third-order valence-electron chi connectivity index (χ3n) is 1.26. The van der Waals surface area contributed by atoms with Crippen LogP contribution in [0, 0.1) is 3.70 Å². The second kappa shape index (κ2) is 3.19. The zero-order chi connectivity index (χ0) is 9.35. The zero-order valence-corrected chi connectivity index (χ0v) is 8.22. The van der Waals surface area contributed by atoms with E-state index in [9.17, 15) is 13.2 Å². The van der Waals surface area contributed by atoms with Gasteiger partial charge in [0.2, 0.25) is 0 Å². The van der Waals surface area contributed by atoms with Crippen molar-refractivity contribution in [1.29, 1.82) is 0 Å². The van der Waals surface area contributed by atoms with Gasteiger partial charge < -0.3 is 0 Å². The number of halogens is 4. The summed E-state index contributed by atoms with van der Waals surface area (Å²) in [4.78, 5) is 0. The quantitative estimate of drug-likeness (QED) is 0.740. The Labute approximate surface area is 80.1 Å². The number of nitrogens with zero attached hydrogens (tertiary/aromatic N) is 3. The van der Waals surface area contributed by atoms with E-state index in [-0.39, 0.29) is 10.2 Å². The largest absolute Gasteiger partial charge is 0.435 e. The van der Waals surface area contributed by atoms with Crippen molar-refractivity contribution >= 4 is 22.6 Å². The Morgan fingerprint density at radius 1 is 1.50 bits per heavy atom. The van der Waals surface area contributed by atoms with Crippen molar-refractivity contribution in [1.82, 2.24) is 15.0 Å². The van der Waals surface area contributed by atoms with E-state index in [0.717, 1.165) is 4.68 Å². The van der Waals surface area contributed by atoms with E-state index in [0.29, 0.717) is 0 Å². The number of hydrogen-bond acceptors (Lipinski definition) is 2. The first-order valence-corrected chi connectivity index (χ1v) is 4.21. The molecule has 0 aromatic carbocycles. The van der Waals surface area contributed by atoms with Gasteiger partial charge in [-0.25, -0.2) is 4.68 Å². The minimum absolute atomic E-state index is 0.109. The molecule has 0 spiro atoms. The van der Waals surface area contributed by atoms with Gasteiger partial charge in [-0.05, 0) is 29.5 Å². The molecule has 3 nitrogen and oxygen atoms in total. The molecule has 0 atom stereocenters. The molecule has 0 saturated heterocycles. The predicted molar refractivity (Wildman–Crippen MR) is 43.4 cm³/mol. The fraction of sp³-hybridized carbons (Fsp3) is 0.600. The Morgan fingerprint density at radius 2 is 2.08 bits per heavy atom. The average Bonchev–Trinajstić information content (AvgIpc) is 2.29. The second-order valence-corrected chi connectivity index (χ2v) is 3.06. The van der Waals surface area contributed by atoms with Crippen molar-refractivity contribution in [2.45, 2.75) is 19.6 Å². The Hall–Kier alpha value is -0.340. The van der Waals surface area contributed by atoms with Crippen LogP contribution in [-0.2, 0) is 12.7 Å². The summed E-state index contributed by atoms with van der Waals surface area (Å²) in [5, 5.41) is 6.67. The summed E-state index contributed by atoms with van der Waals surface area (Å²) in [5.41, 5.74) is -0.773. The van der Waals surface area contributed by atoms with Gasteiger partial charge in [0.15, 0.2) is 9.39 Å². The molecule has 7 heteroatoms. The lowest BCUT2D eigenvalue weighted by atomic mass is 10.4. The lowest BCUT2D eigenvalue weighted by molar-refractivity contribution is -0.144. The molecule has 1 aromatic rings. The summed E-state index contributed by atoms with van der Waals surface area (Å²) >= 11 is 1.52. The molecule has 0 amide bonds. The SMILES string of the molecule is CCn1nnc(I)c1C(F)(F)F. The highest BCUT2D eigenvalue weighted by Gasteiger charge is 2.38. The number of alkyl halides is 3. The first-order valence-electron chi connectivity index (χ1n) is 3.13. The molecule has 12 heavy (non-hydrogen) atoms. The first kappa shape index (κ1) is 9.75. The average molecular weight is 291 g/mol. The highest BCUT2D eigenvalue weighted by molar-refractivity contribution is 14.1. The van der Waals surface area contributed by atoms with Crippen molar-refractivity contribution in [2.75, 3.05) is 0 Å². The van der Waals surface area contributed by atoms with Crippen LogP contribution in [0.1, 0.15) is 12.6 Å². The Kier molecular flexibility index (Phi) is 2.59. The van der Waals surface area contributed by atoms with E-state index in [4.69, 9.17) is 0 Å². The van der Waals surface area contributed by atoms with Gasteiger partial charge in [-0.2, -0.15) is 13.2 Å². The molecule has 1 aromatic heterocycles. The highest BCUT2D eigenvalue weighted by atomic mass is 127. The summed E-state index contributed by atoms with van der Waals surface area (Å²) in [7, 11) is 0. The Morgan fingerprint density at radius 3 is 2.42 bits per heavy atom. The monoisotopic (exact) mass is 291 g/mol. The first-order chi connectivity index (χ1) is 5.46. The topological polar surface area (TPSA) is 30.7 Å². The van der Waals surface area contributed by atoms with Crippen LogP contribution < -0.4 is 0 Å². The minimum atomic E-state index is -4.37. The Bertz CT molecular complexity index is 280. The number of aryl methyl sites for hydroxylation is 1. The highest BCUT2D eigenvalue weighted by Crippen LogP contribution is 2.31. The van der Waals surface area contributed by atoms with Gasteiger partial charge in [-0.3, -0.25) is 0 Å². The molecule has 0 unspecified atom stereocenters. The van der Waals surface area contributed by atoms with Crippen molar-refractivity contribution in [3.8, 4) is 0 Å². The van der Waals surface area contributed by atoms with Crippen molar-refractivity contribution in [2.24, 2.45) is 0 Å². The van der Waals surface area contributed by atoms with E-state index < -0.39 is 11.9 Å². The standard InChI is InChI=1S/C5H5F3IN3/c1-2-12-3(5(6,7)8)4(9)10-11-12/h2H2,1H3. The van der Waals surface area contributed by atoms with E-state index in [1.807, 2.05) is 0 Å². The van der Waals surface area contributed by atoms with Crippen molar-refractivity contribution in [3.05, 3.63) is 9.39 Å². The molecule has 0 aliphatic heterocycles. The minimum Gasteiger partial charge on any atom is -0.239 e. The normalized spacial score (nSPS) is 12.1. The van der Waals surface area contributed by atoms with Crippen LogP contribution >= 0.6 is 22.6 Å². The fourth-order valence-electron chi connectivity index (χ4n) is 0.776. The van der Waals surface area contributed by atoms with Gasteiger partial charge in [-0.1, -0.05) is 5.21 Å². The maximum atomic E-state index is 12.2. The van der Waals surface area contributed by atoms with Crippen molar-refractivity contribution in [3.63, 3.8) is 0 Å². The van der Waals surface area contributed by atoms with Crippen LogP contribution in [0.2, 0.25) is 0 Å². The molecule has 0 aliphatic rings. The van der Waals surface area contributed by atoms with E-state index in [1.165, 1.54) is 22.6 Å². The van der Waals surface area contributed by atoms with Crippen LogP contribution in [0.15, 0.2) is 0 Å². The van der Waals surface area contributed by atoms with Gasteiger partial charge in [0.1, 0.15) is 0 Å². The molecule has 0 saturated carbocycles. The van der Waals surface area contributed by atoms with Crippen LogP contribution in [0.4, 0.5) is 13.2 Å². The molecule has 1 rings (SSSR count). The molecule has 0 radical (unpaired) electrons. The number of rotatable bonds is 1. The van der Waals surface area contributed by atoms with Gasteiger partial charge in [-0.15, -0.1) is 5.10 Å². The van der Waals surface area contributed by atoms with Crippen LogP contribution in [0.5, 0.6) is 0 Å². The Balaban J connectivity index is 3.19. The number of aromatic nitrogens is 3. The van der Waals surface area contributed by atoms with Gasteiger partial charge in [0.05, 0.1) is 0 Å². The molecular weight excluding hydrogens is 286 g/mol. The summed E-state index contributed by atoms with van der Waals surface area (Å²) < 4.78 is 37.4.